The van der Waals surface area contributed by atoms with Crippen LogP contribution in [-0.2, 0) is 26.2 Å². The Morgan fingerprint density at radius 2 is 1.71 bits per heavy atom. The van der Waals surface area contributed by atoms with Crippen molar-refractivity contribution in [1.82, 2.24) is 9.62 Å². The lowest BCUT2D eigenvalue weighted by Crippen LogP contribution is -3.11. The third-order valence-electron chi connectivity index (χ3n) is 3.88. The van der Waals surface area contributed by atoms with Crippen molar-refractivity contribution in [3.05, 3.63) is 48.4 Å². The quantitative estimate of drug-likeness (QED) is 0.507. The van der Waals surface area contributed by atoms with Gasteiger partial charge < -0.3 is 20.0 Å². The van der Waals surface area contributed by atoms with E-state index in [1.54, 1.807) is 19.2 Å². The minimum Gasteiger partial charge on any atom is -0.467 e. The Morgan fingerprint density at radius 3 is 2.29 bits per heavy atom. The van der Waals surface area contributed by atoms with E-state index in [-0.39, 0.29) is 29.8 Å². The third-order valence-corrected chi connectivity index (χ3v) is 5.71. The fourth-order valence-electron chi connectivity index (χ4n) is 2.40. The molecule has 0 radical (unpaired) electrons. The van der Waals surface area contributed by atoms with Crippen molar-refractivity contribution in [2.24, 2.45) is 0 Å². The van der Waals surface area contributed by atoms with Gasteiger partial charge in [0.15, 0.2) is 13.1 Å². The SMILES string of the molecule is CN(C)S(=O)(=O)c1ccc(NC(=O)C[NH+](C)CC(=O)NCc2ccco2)cc1. The summed E-state index contributed by atoms with van der Waals surface area (Å²) < 4.78 is 30.3. The van der Waals surface area contributed by atoms with Crippen molar-refractivity contribution in [1.29, 1.82) is 0 Å². The molecule has 2 aromatic rings. The zero-order valence-corrected chi connectivity index (χ0v) is 16.9. The molecule has 0 spiro atoms. The predicted molar refractivity (Wildman–Crippen MR) is 103 cm³/mol. The van der Waals surface area contributed by atoms with Crippen molar-refractivity contribution in [2.75, 3.05) is 39.5 Å². The van der Waals surface area contributed by atoms with Gasteiger partial charge in [0, 0.05) is 19.8 Å². The molecule has 152 valence electrons. The molecule has 0 bridgehead atoms. The molecule has 10 heteroatoms. The molecule has 1 heterocycles. The van der Waals surface area contributed by atoms with Crippen molar-refractivity contribution < 1.29 is 27.3 Å². The molecule has 0 aliphatic carbocycles. The maximum atomic E-state index is 12.1. The number of amides is 2. The highest BCUT2D eigenvalue weighted by Gasteiger charge is 2.18. The number of rotatable bonds is 9. The number of likely N-dealkylation sites (N-methyl/N-ethyl adjacent to an activating group) is 1. The molecule has 2 amide bonds. The van der Waals surface area contributed by atoms with Crippen LogP contribution in [0.1, 0.15) is 5.76 Å². The molecule has 1 aromatic carbocycles. The van der Waals surface area contributed by atoms with Crippen molar-refractivity contribution in [2.45, 2.75) is 11.4 Å². The summed E-state index contributed by atoms with van der Waals surface area (Å²) in [5, 5.41) is 5.42. The van der Waals surface area contributed by atoms with Crippen molar-refractivity contribution in [3.8, 4) is 0 Å². The molecule has 3 N–H and O–H groups in total. The number of quaternary nitrogens is 1. The van der Waals surface area contributed by atoms with E-state index in [9.17, 15) is 18.0 Å². The summed E-state index contributed by atoms with van der Waals surface area (Å²) in [5.74, 6) is 0.183. The topological polar surface area (TPSA) is 113 Å². The maximum absolute atomic E-state index is 12.1. The van der Waals surface area contributed by atoms with Crippen LogP contribution in [0.2, 0.25) is 0 Å². The number of nitrogens with zero attached hydrogens (tertiary/aromatic N) is 1. The average molecular weight is 409 g/mol. The molecule has 0 aliphatic heterocycles. The number of hydrogen-bond donors (Lipinski definition) is 3. The lowest BCUT2D eigenvalue weighted by Gasteiger charge is -2.14. The van der Waals surface area contributed by atoms with Crippen LogP contribution in [0, 0.1) is 0 Å². The second kappa shape index (κ2) is 9.49. The van der Waals surface area contributed by atoms with Gasteiger partial charge in [0.1, 0.15) is 5.76 Å². The molecule has 0 aliphatic rings. The summed E-state index contributed by atoms with van der Waals surface area (Å²) in [5.41, 5.74) is 0.484. The Balaban J connectivity index is 1.80. The van der Waals surface area contributed by atoms with E-state index < -0.39 is 10.0 Å². The number of furan rings is 1. The van der Waals surface area contributed by atoms with E-state index in [0.717, 1.165) is 4.31 Å². The molecule has 2 rings (SSSR count). The number of nitrogens with one attached hydrogen (secondary N) is 3. The van der Waals surface area contributed by atoms with E-state index in [2.05, 4.69) is 10.6 Å². The Morgan fingerprint density at radius 1 is 1.07 bits per heavy atom. The highest BCUT2D eigenvalue weighted by atomic mass is 32.2. The highest BCUT2D eigenvalue weighted by molar-refractivity contribution is 7.89. The van der Waals surface area contributed by atoms with Gasteiger partial charge in [0.2, 0.25) is 10.0 Å². The second-order valence-corrected chi connectivity index (χ2v) is 8.68. The summed E-state index contributed by atoms with van der Waals surface area (Å²) in [6, 6.07) is 9.43. The predicted octanol–water partition coefficient (Wildman–Crippen LogP) is -0.700. The van der Waals surface area contributed by atoms with Gasteiger partial charge in [-0.3, -0.25) is 9.59 Å². The van der Waals surface area contributed by atoms with E-state index in [1.807, 2.05) is 0 Å². The number of carbonyl (C=O) groups is 2. The summed E-state index contributed by atoms with van der Waals surface area (Å²) in [6.07, 6.45) is 1.53. The molecule has 1 aromatic heterocycles. The van der Waals surface area contributed by atoms with Gasteiger partial charge in [-0.2, -0.15) is 0 Å². The van der Waals surface area contributed by atoms with Crippen LogP contribution in [0.4, 0.5) is 5.69 Å². The van der Waals surface area contributed by atoms with Gasteiger partial charge in [-0.15, -0.1) is 0 Å². The van der Waals surface area contributed by atoms with Crippen molar-refractivity contribution in [3.63, 3.8) is 0 Å². The normalized spacial score (nSPS) is 12.6. The minimum absolute atomic E-state index is 0.0892. The fraction of sp³-hybridized carbons (Fsp3) is 0.333. The molecule has 1 unspecified atom stereocenters. The Kier molecular flexibility index (Phi) is 7.32. The van der Waals surface area contributed by atoms with Crippen LogP contribution in [0.15, 0.2) is 52.0 Å². The first-order chi connectivity index (χ1) is 13.2. The van der Waals surface area contributed by atoms with Gasteiger partial charge in [-0.25, -0.2) is 12.7 Å². The molecule has 0 saturated carbocycles. The lowest BCUT2D eigenvalue weighted by atomic mass is 10.3. The smallest absolute Gasteiger partial charge is 0.279 e. The van der Waals surface area contributed by atoms with Crippen LogP contribution in [0.25, 0.3) is 0 Å². The first-order valence-electron chi connectivity index (χ1n) is 8.61. The number of sulfonamides is 1. The van der Waals surface area contributed by atoms with Crippen LogP contribution >= 0.6 is 0 Å². The van der Waals surface area contributed by atoms with Gasteiger partial charge in [0.05, 0.1) is 24.8 Å². The monoisotopic (exact) mass is 409 g/mol. The average Bonchev–Trinajstić information content (AvgIpc) is 3.13. The van der Waals surface area contributed by atoms with Crippen LogP contribution in [-0.4, -0.2) is 58.8 Å². The van der Waals surface area contributed by atoms with Crippen LogP contribution in [0.3, 0.4) is 0 Å². The van der Waals surface area contributed by atoms with Crippen molar-refractivity contribution >= 4 is 27.5 Å². The lowest BCUT2D eigenvalue weighted by molar-refractivity contribution is -0.862. The minimum atomic E-state index is -3.51. The van der Waals surface area contributed by atoms with E-state index in [1.165, 1.54) is 44.6 Å². The van der Waals surface area contributed by atoms with E-state index in [0.29, 0.717) is 22.9 Å². The van der Waals surface area contributed by atoms with Crippen LogP contribution < -0.4 is 15.5 Å². The van der Waals surface area contributed by atoms with E-state index in [4.69, 9.17) is 4.42 Å². The number of anilines is 1. The third kappa shape index (κ3) is 6.19. The molecule has 0 fully saturated rings. The number of carbonyl (C=O) groups excluding carboxylic acids is 2. The summed E-state index contributed by atoms with van der Waals surface area (Å²) >= 11 is 0. The van der Waals surface area contributed by atoms with E-state index >= 15 is 0 Å². The number of benzene rings is 1. The highest BCUT2D eigenvalue weighted by Crippen LogP contribution is 2.16. The first kappa shape index (κ1) is 21.6. The summed E-state index contributed by atoms with van der Waals surface area (Å²) in [6.45, 7) is 0.521. The van der Waals surface area contributed by atoms with Crippen LogP contribution in [0.5, 0.6) is 0 Å². The molecule has 1 atom stereocenters. The summed E-state index contributed by atoms with van der Waals surface area (Å²) in [7, 11) is 1.13. The van der Waals surface area contributed by atoms with Gasteiger partial charge in [-0.05, 0) is 36.4 Å². The fourth-order valence-corrected chi connectivity index (χ4v) is 3.30. The van der Waals surface area contributed by atoms with Gasteiger partial charge in [0.25, 0.3) is 11.8 Å². The Bertz CT molecular complexity index is 893. The standard InChI is InChI=1S/C18H24N4O5S/c1-21(2)28(25,26)16-8-6-14(7-9-16)20-18(24)13-22(3)12-17(23)19-11-15-5-4-10-27-15/h4-10H,11-13H2,1-3H3,(H,19,23)(H,20,24)/p+1. The molecular weight excluding hydrogens is 384 g/mol. The Labute approximate surface area is 164 Å². The zero-order chi connectivity index (χ0) is 20.7. The largest absolute Gasteiger partial charge is 0.467 e. The summed E-state index contributed by atoms with van der Waals surface area (Å²) in [4.78, 5) is 24.9. The zero-order valence-electron chi connectivity index (χ0n) is 16.1. The molecular formula is C18H25N4O5S+. The molecule has 0 saturated heterocycles. The second-order valence-electron chi connectivity index (χ2n) is 6.53. The van der Waals surface area contributed by atoms with Gasteiger partial charge >= 0.3 is 0 Å². The van der Waals surface area contributed by atoms with Gasteiger partial charge in [-0.1, -0.05) is 0 Å². The molecule has 9 nitrogen and oxygen atoms in total. The first-order valence-corrected chi connectivity index (χ1v) is 10.1. The maximum Gasteiger partial charge on any atom is 0.279 e. The molecule has 28 heavy (non-hydrogen) atoms. The number of hydrogen-bond acceptors (Lipinski definition) is 5. The Hall–Kier alpha value is -2.69.